The first-order chi connectivity index (χ1) is 9.58. The van der Waals surface area contributed by atoms with Crippen molar-refractivity contribution in [2.75, 3.05) is 12.4 Å². The van der Waals surface area contributed by atoms with Gasteiger partial charge in [-0.25, -0.2) is 4.79 Å². The number of carbonyl (C=O) groups is 1. The predicted octanol–water partition coefficient (Wildman–Crippen LogP) is 4.16. The SMILES string of the molecule is CCCCCCC(C)Nc1cc(C(=O)O)ccc1OC. The van der Waals surface area contributed by atoms with Gasteiger partial charge in [0.25, 0.3) is 0 Å². The van der Waals surface area contributed by atoms with Crippen LogP contribution in [0.15, 0.2) is 18.2 Å². The fraction of sp³-hybridized carbons (Fsp3) is 0.562. The highest BCUT2D eigenvalue weighted by molar-refractivity contribution is 5.89. The van der Waals surface area contributed by atoms with Crippen molar-refractivity contribution in [2.45, 2.75) is 52.0 Å². The molecule has 0 saturated carbocycles. The van der Waals surface area contributed by atoms with Crippen LogP contribution in [-0.4, -0.2) is 24.2 Å². The summed E-state index contributed by atoms with van der Waals surface area (Å²) in [7, 11) is 1.59. The van der Waals surface area contributed by atoms with Crippen LogP contribution in [0.4, 0.5) is 5.69 Å². The van der Waals surface area contributed by atoms with E-state index < -0.39 is 5.97 Å². The molecule has 0 saturated heterocycles. The Kier molecular flexibility index (Phi) is 6.91. The zero-order valence-corrected chi connectivity index (χ0v) is 12.6. The molecule has 0 aromatic heterocycles. The lowest BCUT2D eigenvalue weighted by Crippen LogP contribution is -2.16. The van der Waals surface area contributed by atoms with Crippen LogP contribution < -0.4 is 10.1 Å². The molecule has 4 heteroatoms. The van der Waals surface area contributed by atoms with Crippen molar-refractivity contribution >= 4 is 11.7 Å². The van der Waals surface area contributed by atoms with Crippen LogP contribution in [0.3, 0.4) is 0 Å². The summed E-state index contributed by atoms with van der Waals surface area (Å²) in [5.74, 6) is -0.248. The average molecular weight is 279 g/mol. The molecule has 1 rings (SSSR count). The van der Waals surface area contributed by atoms with Crippen molar-refractivity contribution < 1.29 is 14.6 Å². The summed E-state index contributed by atoms with van der Waals surface area (Å²) in [6.07, 6.45) is 6.00. The molecule has 4 nitrogen and oxygen atoms in total. The number of ether oxygens (including phenoxy) is 1. The highest BCUT2D eigenvalue weighted by atomic mass is 16.5. The molecular weight excluding hydrogens is 254 g/mol. The highest BCUT2D eigenvalue weighted by Crippen LogP contribution is 2.27. The van der Waals surface area contributed by atoms with Crippen molar-refractivity contribution in [3.63, 3.8) is 0 Å². The topological polar surface area (TPSA) is 58.6 Å². The van der Waals surface area contributed by atoms with Gasteiger partial charge >= 0.3 is 5.97 Å². The van der Waals surface area contributed by atoms with Crippen molar-refractivity contribution in [1.82, 2.24) is 0 Å². The smallest absolute Gasteiger partial charge is 0.335 e. The Morgan fingerprint density at radius 2 is 2.10 bits per heavy atom. The zero-order chi connectivity index (χ0) is 15.0. The van der Waals surface area contributed by atoms with Gasteiger partial charge in [-0.05, 0) is 31.5 Å². The maximum Gasteiger partial charge on any atom is 0.335 e. The van der Waals surface area contributed by atoms with Gasteiger partial charge in [0, 0.05) is 6.04 Å². The Bertz CT molecular complexity index is 432. The summed E-state index contributed by atoms with van der Waals surface area (Å²) in [6.45, 7) is 4.31. The van der Waals surface area contributed by atoms with E-state index in [1.165, 1.54) is 25.7 Å². The van der Waals surface area contributed by atoms with Crippen molar-refractivity contribution in [3.8, 4) is 5.75 Å². The average Bonchev–Trinajstić information content (AvgIpc) is 2.43. The van der Waals surface area contributed by atoms with Gasteiger partial charge in [-0.1, -0.05) is 32.6 Å². The highest BCUT2D eigenvalue weighted by Gasteiger charge is 2.11. The third-order valence-electron chi connectivity index (χ3n) is 3.34. The second-order valence-corrected chi connectivity index (χ2v) is 5.11. The van der Waals surface area contributed by atoms with E-state index >= 15 is 0 Å². The number of carboxylic acids is 1. The van der Waals surface area contributed by atoms with E-state index in [0.717, 1.165) is 12.1 Å². The molecule has 112 valence electrons. The molecule has 1 atom stereocenters. The Labute approximate surface area is 121 Å². The molecular formula is C16H25NO3. The number of aromatic carboxylic acids is 1. The molecule has 1 aromatic rings. The summed E-state index contributed by atoms with van der Waals surface area (Å²) in [6, 6.07) is 5.17. The maximum absolute atomic E-state index is 11.0. The maximum atomic E-state index is 11.0. The first-order valence-corrected chi connectivity index (χ1v) is 7.26. The number of hydrogen-bond donors (Lipinski definition) is 2. The second kappa shape index (κ2) is 8.46. The summed E-state index contributed by atoms with van der Waals surface area (Å²) in [4.78, 5) is 11.0. The van der Waals surface area contributed by atoms with E-state index in [1.54, 1.807) is 25.3 Å². The first-order valence-electron chi connectivity index (χ1n) is 7.26. The van der Waals surface area contributed by atoms with E-state index in [0.29, 0.717) is 11.8 Å². The number of anilines is 1. The molecule has 0 amide bonds. The van der Waals surface area contributed by atoms with Crippen LogP contribution in [0.5, 0.6) is 5.75 Å². The predicted molar refractivity (Wildman–Crippen MR) is 81.8 cm³/mol. The number of unbranched alkanes of at least 4 members (excludes halogenated alkanes) is 3. The Morgan fingerprint density at radius 1 is 1.35 bits per heavy atom. The molecule has 1 unspecified atom stereocenters. The third-order valence-corrected chi connectivity index (χ3v) is 3.34. The van der Waals surface area contributed by atoms with Gasteiger partial charge in [-0.2, -0.15) is 0 Å². The second-order valence-electron chi connectivity index (χ2n) is 5.11. The van der Waals surface area contributed by atoms with Crippen LogP contribution in [0.25, 0.3) is 0 Å². The van der Waals surface area contributed by atoms with E-state index in [-0.39, 0.29) is 5.56 Å². The van der Waals surface area contributed by atoms with E-state index in [9.17, 15) is 4.79 Å². The molecule has 0 spiro atoms. The Hall–Kier alpha value is -1.71. The normalized spacial score (nSPS) is 11.9. The molecule has 0 bridgehead atoms. The minimum Gasteiger partial charge on any atom is -0.495 e. The van der Waals surface area contributed by atoms with Gasteiger partial charge in [0.1, 0.15) is 5.75 Å². The molecule has 0 aliphatic rings. The summed E-state index contributed by atoms with van der Waals surface area (Å²) in [5, 5.41) is 12.4. The molecule has 1 aromatic carbocycles. The summed E-state index contributed by atoms with van der Waals surface area (Å²) >= 11 is 0. The van der Waals surface area contributed by atoms with Gasteiger partial charge in [0.15, 0.2) is 0 Å². The molecule has 2 N–H and O–H groups in total. The number of hydrogen-bond acceptors (Lipinski definition) is 3. The van der Waals surface area contributed by atoms with Gasteiger partial charge < -0.3 is 15.2 Å². The van der Waals surface area contributed by atoms with Gasteiger partial charge in [-0.15, -0.1) is 0 Å². The van der Waals surface area contributed by atoms with Gasteiger partial charge in [-0.3, -0.25) is 0 Å². The molecule has 20 heavy (non-hydrogen) atoms. The summed E-state index contributed by atoms with van der Waals surface area (Å²) < 4.78 is 5.27. The molecule has 0 fully saturated rings. The van der Waals surface area contributed by atoms with Crippen molar-refractivity contribution in [2.24, 2.45) is 0 Å². The number of benzene rings is 1. The monoisotopic (exact) mass is 279 g/mol. The number of rotatable bonds is 9. The Balaban J connectivity index is 2.64. The lowest BCUT2D eigenvalue weighted by Gasteiger charge is -2.18. The summed E-state index contributed by atoms with van der Waals surface area (Å²) in [5.41, 5.74) is 1.02. The fourth-order valence-corrected chi connectivity index (χ4v) is 2.17. The van der Waals surface area contributed by atoms with Crippen LogP contribution in [0.2, 0.25) is 0 Å². The zero-order valence-electron chi connectivity index (χ0n) is 12.6. The Morgan fingerprint density at radius 3 is 2.70 bits per heavy atom. The minimum atomic E-state index is -0.925. The quantitative estimate of drug-likeness (QED) is 0.666. The van der Waals surface area contributed by atoms with Crippen LogP contribution in [0, 0.1) is 0 Å². The lowest BCUT2D eigenvalue weighted by molar-refractivity contribution is 0.0697. The fourth-order valence-electron chi connectivity index (χ4n) is 2.17. The largest absolute Gasteiger partial charge is 0.495 e. The first kappa shape index (κ1) is 16.3. The van der Waals surface area contributed by atoms with E-state index in [1.807, 2.05) is 0 Å². The van der Waals surface area contributed by atoms with Gasteiger partial charge in [0.05, 0.1) is 18.4 Å². The lowest BCUT2D eigenvalue weighted by atomic mass is 10.1. The molecule has 0 aliphatic heterocycles. The van der Waals surface area contributed by atoms with Gasteiger partial charge in [0.2, 0.25) is 0 Å². The van der Waals surface area contributed by atoms with E-state index in [2.05, 4.69) is 19.2 Å². The van der Waals surface area contributed by atoms with Crippen LogP contribution >= 0.6 is 0 Å². The van der Waals surface area contributed by atoms with E-state index in [4.69, 9.17) is 9.84 Å². The third kappa shape index (κ3) is 5.11. The number of carboxylic acid groups (broad SMARTS) is 1. The van der Waals surface area contributed by atoms with Crippen molar-refractivity contribution in [1.29, 1.82) is 0 Å². The number of methoxy groups -OCH3 is 1. The van der Waals surface area contributed by atoms with Crippen molar-refractivity contribution in [3.05, 3.63) is 23.8 Å². The minimum absolute atomic E-state index is 0.270. The molecule has 0 radical (unpaired) electrons. The van der Waals surface area contributed by atoms with Crippen LogP contribution in [-0.2, 0) is 0 Å². The molecule has 0 heterocycles. The molecule has 0 aliphatic carbocycles. The van der Waals surface area contributed by atoms with Crippen LogP contribution in [0.1, 0.15) is 56.3 Å². The standard InChI is InChI=1S/C16H25NO3/c1-4-5-6-7-8-12(2)17-14-11-13(16(18)19)9-10-15(14)20-3/h9-12,17H,4-8H2,1-3H3,(H,18,19). The number of nitrogens with one attached hydrogen (secondary N) is 1.